The second kappa shape index (κ2) is 6.44. The van der Waals surface area contributed by atoms with Crippen molar-refractivity contribution in [2.45, 2.75) is 44.2 Å². The van der Waals surface area contributed by atoms with Gasteiger partial charge in [0.15, 0.2) is 0 Å². The highest BCUT2D eigenvalue weighted by molar-refractivity contribution is 5.79. The number of aliphatic hydroxyl groups excluding tert-OH is 1. The second-order valence-electron chi connectivity index (χ2n) is 7.47. The maximum absolute atomic E-state index is 12.7. The molecule has 26 heavy (non-hydrogen) atoms. The summed E-state index contributed by atoms with van der Waals surface area (Å²) in [6.07, 6.45) is 0.494. The zero-order valence-electron chi connectivity index (χ0n) is 15.3. The van der Waals surface area contributed by atoms with E-state index in [1.165, 1.54) is 22.3 Å². The average molecular weight is 351 g/mol. The van der Waals surface area contributed by atoms with Gasteiger partial charge in [0.25, 0.3) is 0 Å². The van der Waals surface area contributed by atoms with Gasteiger partial charge in [0.1, 0.15) is 6.61 Å². The molecule has 0 spiro atoms. The fourth-order valence-electron chi connectivity index (χ4n) is 4.40. The van der Waals surface area contributed by atoms with Gasteiger partial charge in [-0.2, -0.15) is 0 Å². The van der Waals surface area contributed by atoms with Crippen LogP contribution < -0.4 is 0 Å². The van der Waals surface area contributed by atoms with Gasteiger partial charge in [-0.3, -0.25) is 0 Å². The minimum atomic E-state index is -0.539. The number of likely N-dealkylation sites (tertiary alicyclic amines) is 1. The molecule has 0 aromatic heterocycles. The molecule has 4 rings (SSSR count). The Labute approximate surface area is 154 Å². The van der Waals surface area contributed by atoms with Crippen LogP contribution in [0.4, 0.5) is 4.79 Å². The third-order valence-corrected chi connectivity index (χ3v) is 6.23. The van der Waals surface area contributed by atoms with Crippen LogP contribution in [0.5, 0.6) is 0 Å². The first kappa shape index (κ1) is 17.1. The summed E-state index contributed by atoms with van der Waals surface area (Å²) < 4.78 is 5.75. The molecule has 2 unspecified atom stereocenters. The number of hydrogen-bond donors (Lipinski definition) is 1. The van der Waals surface area contributed by atoms with Gasteiger partial charge in [-0.05, 0) is 42.0 Å². The molecule has 2 atom stereocenters. The van der Waals surface area contributed by atoms with E-state index in [2.05, 4.69) is 24.3 Å². The lowest BCUT2D eigenvalue weighted by molar-refractivity contribution is 0.0255. The Balaban J connectivity index is 1.54. The van der Waals surface area contributed by atoms with Crippen LogP contribution in [0.25, 0.3) is 11.1 Å². The summed E-state index contributed by atoms with van der Waals surface area (Å²) in [7, 11) is 0. The summed E-state index contributed by atoms with van der Waals surface area (Å²) in [5.41, 5.74) is 4.32. The summed E-state index contributed by atoms with van der Waals surface area (Å²) >= 11 is 0. The van der Waals surface area contributed by atoms with E-state index in [1.807, 2.05) is 38.1 Å². The van der Waals surface area contributed by atoms with Gasteiger partial charge < -0.3 is 14.7 Å². The Morgan fingerprint density at radius 2 is 1.73 bits per heavy atom. The number of nitrogens with zero attached hydrogens (tertiary/aromatic N) is 1. The van der Waals surface area contributed by atoms with E-state index in [4.69, 9.17) is 4.74 Å². The molecule has 1 aliphatic carbocycles. The normalized spacial score (nSPS) is 24.4. The first-order valence-electron chi connectivity index (χ1n) is 9.37. The van der Waals surface area contributed by atoms with Crippen LogP contribution in [-0.2, 0) is 4.74 Å². The lowest BCUT2D eigenvalue weighted by Crippen LogP contribution is -2.50. The van der Waals surface area contributed by atoms with Gasteiger partial charge >= 0.3 is 6.09 Å². The largest absolute Gasteiger partial charge is 0.448 e. The van der Waals surface area contributed by atoms with E-state index in [1.54, 1.807) is 4.90 Å². The Bertz CT molecular complexity index is 788. The van der Waals surface area contributed by atoms with Crippen LogP contribution in [0.1, 0.15) is 43.7 Å². The maximum atomic E-state index is 12.7. The predicted octanol–water partition coefficient (Wildman–Crippen LogP) is 4.17. The Kier molecular flexibility index (Phi) is 4.23. The molecule has 1 amide bonds. The zero-order valence-corrected chi connectivity index (χ0v) is 15.3. The number of carbonyl (C=O) groups is 1. The molecular weight excluding hydrogens is 326 g/mol. The van der Waals surface area contributed by atoms with Crippen molar-refractivity contribution in [1.82, 2.24) is 4.90 Å². The number of rotatable bonds is 3. The molecule has 2 aromatic carbocycles. The molecule has 2 aromatic rings. The zero-order chi connectivity index (χ0) is 18.3. The van der Waals surface area contributed by atoms with Gasteiger partial charge in [-0.1, -0.05) is 55.5 Å². The van der Waals surface area contributed by atoms with Crippen LogP contribution in [-0.4, -0.2) is 40.9 Å². The molecule has 2 aliphatic rings. The van der Waals surface area contributed by atoms with Crippen molar-refractivity contribution in [3.63, 3.8) is 0 Å². The fourth-order valence-corrected chi connectivity index (χ4v) is 4.40. The second-order valence-corrected chi connectivity index (χ2v) is 7.47. The number of aliphatic hydroxyl groups is 1. The van der Waals surface area contributed by atoms with Gasteiger partial charge in [-0.15, -0.1) is 0 Å². The molecular formula is C22H25NO3. The third kappa shape index (κ3) is 2.52. The highest BCUT2D eigenvalue weighted by atomic mass is 16.6. The standard InChI is InChI=1S/C22H25NO3/c1-3-22(2)20(24)12-13-23(22)21(25)26-14-19-17-10-6-4-8-15(17)16-9-5-7-11-18(16)19/h4-11,19-20,24H,3,12-14H2,1-2H3. The lowest BCUT2D eigenvalue weighted by atomic mass is 9.93. The maximum Gasteiger partial charge on any atom is 0.410 e. The van der Waals surface area contributed by atoms with Crippen molar-refractivity contribution in [3.8, 4) is 11.1 Å². The first-order valence-corrected chi connectivity index (χ1v) is 9.37. The first-order chi connectivity index (χ1) is 12.6. The van der Waals surface area contributed by atoms with E-state index in [0.29, 0.717) is 26.0 Å². The Hall–Kier alpha value is -2.33. The summed E-state index contributed by atoms with van der Waals surface area (Å²) in [5, 5.41) is 10.3. The van der Waals surface area contributed by atoms with Crippen molar-refractivity contribution in [2.24, 2.45) is 0 Å². The molecule has 0 saturated carbocycles. The Morgan fingerprint density at radius 3 is 2.31 bits per heavy atom. The monoisotopic (exact) mass is 351 g/mol. The molecule has 0 radical (unpaired) electrons. The molecule has 4 heteroatoms. The SMILES string of the molecule is CCC1(C)C(O)CCN1C(=O)OCC1c2ccccc2-c2ccccc21. The van der Waals surface area contributed by atoms with Crippen molar-refractivity contribution in [1.29, 1.82) is 0 Å². The minimum Gasteiger partial charge on any atom is -0.448 e. The minimum absolute atomic E-state index is 0.0618. The number of amides is 1. The molecule has 1 heterocycles. The highest BCUT2D eigenvalue weighted by Gasteiger charge is 2.46. The lowest BCUT2D eigenvalue weighted by Gasteiger charge is -2.36. The third-order valence-electron chi connectivity index (χ3n) is 6.23. The smallest absolute Gasteiger partial charge is 0.410 e. The van der Waals surface area contributed by atoms with Crippen LogP contribution in [0.3, 0.4) is 0 Å². The highest BCUT2D eigenvalue weighted by Crippen LogP contribution is 2.44. The van der Waals surface area contributed by atoms with Crippen LogP contribution >= 0.6 is 0 Å². The van der Waals surface area contributed by atoms with Crippen molar-refractivity contribution < 1.29 is 14.6 Å². The molecule has 136 valence electrons. The summed E-state index contributed by atoms with van der Waals surface area (Å²) in [6, 6.07) is 16.6. The van der Waals surface area contributed by atoms with Crippen molar-refractivity contribution in [2.75, 3.05) is 13.2 Å². The summed E-state index contributed by atoms with van der Waals surface area (Å²) in [5.74, 6) is 0.0618. The van der Waals surface area contributed by atoms with E-state index in [9.17, 15) is 9.90 Å². The quantitative estimate of drug-likeness (QED) is 0.903. The molecule has 1 fully saturated rings. The van der Waals surface area contributed by atoms with Gasteiger partial charge in [0, 0.05) is 12.5 Å². The molecule has 1 N–H and O–H groups in total. The Morgan fingerprint density at radius 1 is 1.15 bits per heavy atom. The van der Waals surface area contributed by atoms with Crippen molar-refractivity contribution in [3.05, 3.63) is 59.7 Å². The number of carbonyl (C=O) groups excluding carboxylic acids is 1. The number of hydrogen-bond acceptors (Lipinski definition) is 3. The van der Waals surface area contributed by atoms with Crippen molar-refractivity contribution >= 4 is 6.09 Å². The molecule has 1 aliphatic heterocycles. The van der Waals surface area contributed by atoms with E-state index in [-0.39, 0.29) is 12.0 Å². The molecule has 0 bridgehead atoms. The van der Waals surface area contributed by atoms with E-state index < -0.39 is 11.6 Å². The number of ether oxygens (including phenoxy) is 1. The van der Waals surface area contributed by atoms with Crippen LogP contribution in [0, 0.1) is 0 Å². The summed E-state index contributed by atoms with van der Waals surface area (Å²) in [4.78, 5) is 14.4. The topological polar surface area (TPSA) is 49.8 Å². The fraction of sp³-hybridized carbons (Fsp3) is 0.409. The summed E-state index contributed by atoms with van der Waals surface area (Å²) in [6.45, 7) is 4.80. The van der Waals surface area contributed by atoms with Gasteiger partial charge in [-0.25, -0.2) is 4.79 Å². The van der Waals surface area contributed by atoms with Crippen LogP contribution in [0.2, 0.25) is 0 Å². The molecule has 4 nitrogen and oxygen atoms in total. The van der Waals surface area contributed by atoms with Gasteiger partial charge in [0.05, 0.1) is 11.6 Å². The number of benzene rings is 2. The molecule has 1 saturated heterocycles. The van der Waals surface area contributed by atoms with Gasteiger partial charge in [0.2, 0.25) is 0 Å². The number of fused-ring (bicyclic) bond motifs is 3. The van der Waals surface area contributed by atoms with E-state index >= 15 is 0 Å². The predicted molar refractivity (Wildman–Crippen MR) is 101 cm³/mol. The average Bonchev–Trinajstić information content (AvgIpc) is 3.15. The van der Waals surface area contributed by atoms with E-state index in [0.717, 1.165) is 0 Å². The van der Waals surface area contributed by atoms with Crippen LogP contribution in [0.15, 0.2) is 48.5 Å².